The van der Waals surface area contributed by atoms with Crippen molar-refractivity contribution in [3.05, 3.63) is 53.6 Å². The van der Waals surface area contributed by atoms with Gasteiger partial charge in [0.1, 0.15) is 11.9 Å². The molecule has 106 valence electrons. The smallest absolute Gasteiger partial charge is 0.193 e. The molecular weight excluding hydrogens is 271 g/mol. The van der Waals surface area contributed by atoms with Crippen LogP contribution in [0.5, 0.6) is 0 Å². The van der Waals surface area contributed by atoms with Crippen molar-refractivity contribution in [2.75, 3.05) is 13.2 Å². The molecule has 2 aromatic rings. The highest BCUT2D eigenvalue weighted by molar-refractivity contribution is 5.64. The maximum absolute atomic E-state index is 13.7. The number of ether oxygens (including phenoxy) is 2. The van der Waals surface area contributed by atoms with Crippen LogP contribution < -0.4 is 0 Å². The maximum atomic E-state index is 13.7. The molecule has 0 amide bonds. The van der Waals surface area contributed by atoms with Crippen molar-refractivity contribution in [1.29, 1.82) is 5.26 Å². The van der Waals surface area contributed by atoms with Gasteiger partial charge in [0.15, 0.2) is 5.79 Å². The zero-order chi connectivity index (χ0) is 14.9. The number of hydrogen-bond donors (Lipinski definition) is 0. The molecule has 5 heteroatoms. The molecule has 0 atom stereocenters. The van der Waals surface area contributed by atoms with E-state index in [1.54, 1.807) is 24.5 Å². The minimum atomic E-state index is -0.811. The molecule has 0 radical (unpaired) electrons. The van der Waals surface area contributed by atoms with Crippen LogP contribution in [0.1, 0.15) is 18.1 Å². The van der Waals surface area contributed by atoms with E-state index >= 15 is 0 Å². The second kappa shape index (κ2) is 5.24. The van der Waals surface area contributed by atoms with Crippen LogP contribution in [0.2, 0.25) is 0 Å². The van der Waals surface area contributed by atoms with Gasteiger partial charge in [0.25, 0.3) is 0 Å². The second-order valence-electron chi connectivity index (χ2n) is 4.91. The van der Waals surface area contributed by atoms with E-state index < -0.39 is 11.6 Å². The number of aromatic nitrogens is 1. The Hall–Kier alpha value is -2.29. The van der Waals surface area contributed by atoms with Gasteiger partial charge in [-0.3, -0.25) is 4.98 Å². The Balaban J connectivity index is 2.00. The second-order valence-corrected chi connectivity index (χ2v) is 4.91. The minimum Gasteiger partial charge on any atom is -0.344 e. The molecule has 1 saturated heterocycles. The third-order valence-electron chi connectivity index (χ3n) is 3.52. The lowest BCUT2D eigenvalue weighted by molar-refractivity contribution is -0.149. The Labute approximate surface area is 121 Å². The van der Waals surface area contributed by atoms with Crippen molar-refractivity contribution >= 4 is 0 Å². The van der Waals surface area contributed by atoms with Crippen molar-refractivity contribution in [1.82, 2.24) is 4.98 Å². The highest BCUT2D eigenvalue weighted by Gasteiger charge is 2.33. The molecule has 0 spiro atoms. The zero-order valence-electron chi connectivity index (χ0n) is 11.5. The van der Waals surface area contributed by atoms with Gasteiger partial charge in [-0.2, -0.15) is 5.26 Å². The molecule has 1 fully saturated rings. The molecule has 0 N–H and O–H groups in total. The van der Waals surface area contributed by atoms with Gasteiger partial charge >= 0.3 is 0 Å². The molecule has 1 aliphatic heterocycles. The monoisotopic (exact) mass is 284 g/mol. The first-order valence-corrected chi connectivity index (χ1v) is 6.56. The molecule has 2 heterocycles. The molecule has 4 nitrogen and oxygen atoms in total. The van der Waals surface area contributed by atoms with E-state index in [0.717, 1.165) is 11.1 Å². The van der Waals surface area contributed by atoms with Crippen molar-refractivity contribution in [2.45, 2.75) is 12.7 Å². The van der Waals surface area contributed by atoms with E-state index in [4.69, 9.17) is 14.7 Å². The van der Waals surface area contributed by atoms with Gasteiger partial charge in [0, 0.05) is 23.5 Å². The molecular formula is C16H13FN2O2. The Morgan fingerprint density at radius 2 is 1.95 bits per heavy atom. The Kier molecular flexibility index (Phi) is 3.42. The number of pyridine rings is 1. The standard InChI is InChI=1S/C16H13FN2O2/c1-16(20-4-5-21-16)14-6-13(9-19-10-14)11-2-3-12(8-18)15(17)7-11/h2-3,6-7,9-10H,4-5H2,1H3. The first kappa shape index (κ1) is 13.7. The third kappa shape index (κ3) is 2.51. The summed E-state index contributed by atoms with van der Waals surface area (Å²) in [6, 6.07) is 8.15. The molecule has 1 aromatic heterocycles. The number of hydrogen-bond acceptors (Lipinski definition) is 4. The summed E-state index contributed by atoms with van der Waals surface area (Å²) in [4.78, 5) is 4.18. The van der Waals surface area contributed by atoms with Crippen LogP contribution in [0.4, 0.5) is 4.39 Å². The summed E-state index contributed by atoms with van der Waals surface area (Å²) < 4.78 is 24.9. The predicted molar refractivity (Wildman–Crippen MR) is 73.6 cm³/mol. The van der Waals surface area contributed by atoms with E-state index in [1.165, 1.54) is 12.1 Å². The summed E-state index contributed by atoms with van der Waals surface area (Å²) in [5.41, 5.74) is 2.21. The lowest BCUT2D eigenvalue weighted by Gasteiger charge is -2.22. The van der Waals surface area contributed by atoms with Crippen LogP contribution in [-0.2, 0) is 15.3 Å². The molecule has 0 unspecified atom stereocenters. The van der Waals surface area contributed by atoms with Crippen LogP contribution in [0, 0.1) is 17.1 Å². The van der Waals surface area contributed by atoms with Crippen LogP contribution in [0.3, 0.4) is 0 Å². The quantitative estimate of drug-likeness (QED) is 0.850. The summed E-state index contributed by atoms with van der Waals surface area (Å²) in [7, 11) is 0. The summed E-state index contributed by atoms with van der Waals surface area (Å²) >= 11 is 0. The Bertz CT molecular complexity index is 718. The van der Waals surface area contributed by atoms with Crippen molar-refractivity contribution in [3.8, 4) is 17.2 Å². The third-order valence-corrected chi connectivity index (χ3v) is 3.52. The predicted octanol–water partition coefficient (Wildman–Crippen LogP) is 2.98. The molecule has 0 bridgehead atoms. The summed E-state index contributed by atoms with van der Waals surface area (Å²) in [6.45, 7) is 2.90. The normalized spacial score (nSPS) is 16.6. The van der Waals surface area contributed by atoms with Crippen molar-refractivity contribution in [3.63, 3.8) is 0 Å². The van der Waals surface area contributed by atoms with Gasteiger partial charge < -0.3 is 9.47 Å². The SMILES string of the molecule is CC1(c2cncc(-c3ccc(C#N)c(F)c3)c2)OCCO1. The van der Waals surface area contributed by atoms with E-state index in [-0.39, 0.29) is 5.56 Å². The average Bonchev–Trinajstić information content (AvgIpc) is 2.95. The molecule has 1 aliphatic rings. The van der Waals surface area contributed by atoms with Crippen LogP contribution >= 0.6 is 0 Å². The summed E-state index contributed by atoms with van der Waals surface area (Å²) in [6.07, 6.45) is 3.32. The van der Waals surface area contributed by atoms with Gasteiger partial charge in [-0.05, 0) is 30.7 Å². The van der Waals surface area contributed by atoms with Crippen LogP contribution in [0.15, 0.2) is 36.7 Å². The van der Waals surface area contributed by atoms with Crippen molar-refractivity contribution < 1.29 is 13.9 Å². The number of benzene rings is 1. The summed E-state index contributed by atoms with van der Waals surface area (Å²) in [5.74, 6) is -1.35. The van der Waals surface area contributed by atoms with Gasteiger partial charge in [-0.25, -0.2) is 4.39 Å². The van der Waals surface area contributed by atoms with Gasteiger partial charge in [0.2, 0.25) is 0 Å². The zero-order valence-corrected chi connectivity index (χ0v) is 11.5. The van der Waals surface area contributed by atoms with E-state index in [2.05, 4.69) is 4.98 Å². The van der Waals surface area contributed by atoms with Crippen LogP contribution in [0.25, 0.3) is 11.1 Å². The fourth-order valence-electron chi connectivity index (χ4n) is 2.31. The number of halogens is 1. The highest BCUT2D eigenvalue weighted by Crippen LogP contribution is 2.32. The molecule has 1 aromatic carbocycles. The fraction of sp³-hybridized carbons (Fsp3) is 0.250. The van der Waals surface area contributed by atoms with E-state index in [1.807, 2.05) is 13.0 Å². The van der Waals surface area contributed by atoms with Gasteiger partial charge in [-0.15, -0.1) is 0 Å². The van der Waals surface area contributed by atoms with Crippen molar-refractivity contribution in [2.24, 2.45) is 0 Å². The lowest BCUT2D eigenvalue weighted by atomic mass is 10.0. The first-order chi connectivity index (χ1) is 10.1. The Morgan fingerprint density at radius 1 is 1.19 bits per heavy atom. The molecule has 0 saturated carbocycles. The maximum Gasteiger partial charge on any atom is 0.193 e. The van der Waals surface area contributed by atoms with E-state index in [9.17, 15) is 4.39 Å². The lowest BCUT2D eigenvalue weighted by Crippen LogP contribution is -2.22. The molecule has 21 heavy (non-hydrogen) atoms. The number of nitriles is 1. The first-order valence-electron chi connectivity index (χ1n) is 6.56. The summed E-state index contributed by atoms with van der Waals surface area (Å²) in [5, 5.41) is 8.77. The minimum absolute atomic E-state index is 0.0253. The average molecular weight is 284 g/mol. The Morgan fingerprint density at radius 3 is 2.62 bits per heavy atom. The fourth-order valence-corrected chi connectivity index (χ4v) is 2.31. The number of rotatable bonds is 2. The molecule has 3 rings (SSSR count). The molecule has 0 aliphatic carbocycles. The largest absolute Gasteiger partial charge is 0.344 e. The van der Waals surface area contributed by atoms with E-state index in [0.29, 0.717) is 18.8 Å². The van der Waals surface area contributed by atoms with Gasteiger partial charge in [0.05, 0.1) is 18.8 Å². The van der Waals surface area contributed by atoms with Crippen LogP contribution in [-0.4, -0.2) is 18.2 Å². The van der Waals surface area contributed by atoms with Gasteiger partial charge in [-0.1, -0.05) is 6.07 Å². The topological polar surface area (TPSA) is 55.1 Å². The number of nitrogens with zero attached hydrogens (tertiary/aromatic N) is 2. The highest BCUT2D eigenvalue weighted by atomic mass is 19.1.